The van der Waals surface area contributed by atoms with Crippen LogP contribution in [0.2, 0.25) is 0 Å². The Bertz CT molecular complexity index is 3050. The van der Waals surface area contributed by atoms with Crippen LogP contribution in [0.15, 0.2) is 267 Å². The second kappa shape index (κ2) is 16.2. The quantitative estimate of drug-likeness (QED) is 0.106. The van der Waals surface area contributed by atoms with E-state index in [-0.39, 0.29) is 6.71 Å². The molecule has 3 nitrogen and oxygen atoms in total. The van der Waals surface area contributed by atoms with Crippen LogP contribution in [0.1, 0.15) is 0 Å². The SMILES string of the molecule is c1ccc(N(c2ccc([Si](c3ccccc3)(c3ccccc3)c3ccccc3)cc2)c2cc3c4c(c2)N(c2ccccc2)c2ccccc2B4c2ccccc2N3c2ccccc2)cc1. The van der Waals surface area contributed by atoms with Gasteiger partial charge in [-0.05, 0) is 110 Å². The maximum atomic E-state index is 2.48. The molecule has 0 N–H and O–H groups in total. The molecule has 306 valence electrons. The normalized spacial score (nSPS) is 12.5. The van der Waals surface area contributed by atoms with E-state index >= 15 is 0 Å². The van der Waals surface area contributed by atoms with Crippen molar-refractivity contribution in [2.45, 2.75) is 0 Å². The summed E-state index contributed by atoms with van der Waals surface area (Å²) in [6, 6.07) is 98.4. The lowest BCUT2D eigenvalue weighted by Crippen LogP contribution is -2.74. The first-order valence-corrected chi connectivity index (χ1v) is 24.5. The Morgan fingerprint density at radius 1 is 0.292 bits per heavy atom. The van der Waals surface area contributed by atoms with Crippen molar-refractivity contribution in [2.24, 2.45) is 0 Å². The molecule has 0 atom stereocenters. The fourth-order valence-electron chi connectivity index (χ4n) is 10.7. The molecule has 2 aliphatic rings. The fraction of sp³-hybridized carbons (Fsp3) is 0. The van der Waals surface area contributed by atoms with Crippen LogP contribution in [0.3, 0.4) is 0 Å². The number of rotatable bonds is 9. The highest BCUT2D eigenvalue weighted by Gasteiger charge is 2.44. The Morgan fingerprint density at radius 2 is 0.631 bits per heavy atom. The number of hydrogen-bond donors (Lipinski definition) is 0. The molecule has 0 saturated carbocycles. The Morgan fingerprint density at radius 3 is 1.06 bits per heavy atom. The van der Waals surface area contributed by atoms with E-state index in [1.54, 1.807) is 0 Å². The monoisotopic (exact) mass is 845 g/mol. The van der Waals surface area contributed by atoms with Gasteiger partial charge in [0.05, 0.1) is 5.69 Å². The molecule has 2 aliphatic heterocycles. The summed E-state index contributed by atoms with van der Waals surface area (Å²) in [5.41, 5.74) is 14.1. The summed E-state index contributed by atoms with van der Waals surface area (Å²) in [6.07, 6.45) is 0. The maximum absolute atomic E-state index is 2.74. The van der Waals surface area contributed by atoms with E-state index in [1.807, 2.05) is 0 Å². The fourth-order valence-corrected chi connectivity index (χ4v) is 15.4. The van der Waals surface area contributed by atoms with Crippen molar-refractivity contribution in [3.63, 3.8) is 0 Å². The van der Waals surface area contributed by atoms with Gasteiger partial charge in [0, 0.05) is 45.5 Å². The number of benzene rings is 10. The van der Waals surface area contributed by atoms with Gasteiger partial charge in [-0.1, -0.05) is 194 Å². The van der Waals surface area contributed by atoms with Crippen molar-refractivity contribution in [3.8, 4) is 0 Å². The van der Waals surface area contributed by atoms with Crippen LogP contribution in [0.4, 0.5) is 51.2 Å². The van der Waals surface area contributed by atoms with Crippen LogP contribution < -0.4 is 51.8 Å². The second-order valence-corrected chi connectivity index (χ2v) is 20.7. The standard InChI is InChI=1S/C60H44BN3Si/c1-7-23-45(24-8-1)62(48-39-41-53(42-40-48)65(50-29-13-4-14-30-50,51-31-15-5-16-32-51)52-33-17-6-18-34-52)49-43-58-60-59(44-49)64(47-27-11-3-12-28-47)57-38-22-20-36-55(57)61(60)54-35-19-21-37-56(54)63(58)46-25-9-2-10-26-46/h1-44H. The molecule has 5 heteroatoms. The predicted molar refractivity (Wildman–Crippen MR) is 279 cm³/mol. The second-order valence-electron chi connectivity index (χ2n) is 16.9. The number of fused-ring (bicyclic) bond motifs is 4. The molecule has 10 aromatic rings. The summed E-state index contributed by atoms with van der Waals surface area (Å²) in [5, 5.41) is 5.41. The lowest BCUT2D eigenvalue weighted by Gasteiger charge is -2.45. The molecule has 0 aromatic heterocycles. The Kier molecular flexibility index (Phi) is 9.62. The molecular formula is C60H44BN3Si. The first-order valence-electron chi connectivity index (χ1n) is 22.5. The van der Waals surface area contributed by atoms with E-state index in [4.69, 9.17) is 0 Å². The van der Waals surface area contributed by atoms with Gasteiger partial charge in [0.2, 0.25) is 0 Å². The van der Waals surface area contributed by atoms with Crippen LogP contribution in [-0.4, -0.2) is 14.8 Å². The first kappa shape index (κ1) is 38.5. The Balaban J connectivity index is 1.12. The summed E-state index contributed by atoms with van der Waals surface area (Å²) in [5.74, 6) is 0. The molecule has 0 unspecified atom stereocenters. The zero-order valence-corrected chi connectivity index (χ0v) is 36.8. The van der Waals surface area contributed by atoms with E-state index in [2.05, 4.69) is 282 Å². The van der Waals surface area contributed by atoms with Crippen LogP contribution in [0.5, 0.6) is 0 Å². The number of nitrogens with zero attached hydrogens (tertiary/aromatic N) is 3. The molecule has 0 fully saturated rings. The summed E-state index contributed by atoms with van der Waals surface area (Å²) in [6.45, 7) is 0.0397. The van der Waals surface area contributed by atoms with Crippen molar-refractivity contribution >= 4 is 103 Å². The van der Waals surface area contributed by atoms with Crippen molar-refractivity contribution in [1.82, 2.24) is 0 Å². The smallest absolute Gasteiger partial charge is 0.252 e. The van der Waals surface area contributed by atoms with E-state index in [9.17, 15) is 0 Å². The Hall–Kier alpha value is -8.12. The van der Waals surface area contributed by atoms with E-state index < -0.39 is 8.07 Å². The van der Waals surface area contributed by atoms with Crippen LogP contribution in [-0.2, 0) is 0 Å². The third-order valence-corrected chi connectivity index (χ3v) is 18.1. The molecule has 65 heavy (non-hydrogen) atoms. The zero-order chi connectivity index (χ0) is 43.2. The van der Waals surface area contributed by atoms with E-state index in [0.717, 1.165) is 28.4 Å². The van der Waals surface area contributed by atoms with Crippen molar-refractivity contribution in [2.75, 3.05) is 14.7 Å². The van der Waals surface area contributed by atoms with Gasteiger partial charge in [-0.3, -0.25) is 0 Å². The van der Waals surface area contributed by atoms with Crippen LogP contribution in [0.25, 0.3) is 0 Å². The third kappa shape index (κ3) is 6.35. The lowest BCUT2D eigenvalue weighted by atomic mass is 9.33. The van der Waals surface area contributed by atoms with E-state index in [0.29, 0.717) is 0 Å². The maximum Gasteiger partial charge on any atom is 0.252 e. The van der Waals surface area contributed by atoms with Gasteiger partial charge in [0.15, 0.2) is 8.07 Å². The molecule has 2 heterocycles. The highest BCUT2D eigenvalue weighted by Crippen LogP contribution is 2.47. The lowest BCUT2D eigenvalue weighted by molar-refractivity contribution is 1.23. The number of para-hydroxylation sites is 5. The summed E-state index contributed by atoms with van der Waals surface area (Å²) in [7, 11) is -2.74. The molecule has 0 amide bonds. The molecule has 0 radical (unpaired) electrons. The largest absolute Gasteiger partial charge is 0.311 e. The van der Waals surface area contributed by atoms with Gasteiger partial charge in [-0.2, -0.15) is 0 Å². The zero-order valence-electron chi connectivity index (χ0n) is 35.8. The van der Waals surface area contributed by atoms with Crippen LogP contribution >= 0.6 is 0 Å². The third-order valence-electron chi connectivity index (χ3n) is 13.3. The van der Waals surface area contributed by atoms with E-state index in [1.165, 1.54) is 59.9 Å². The topological polar surface area (TPSA) is 9.72 Å². The predicted octanol–water partition coefficient (Wildman–Crippen LogP) is 10.6. The van der Waals surface area contributed by atoms with Crippen molar-refractivity contribution in [1.29, 1.82) is 0 Å². The number of hydrogen-bond acceptors (Lipinski definition) is 3. The Labute approximate surface area is 382 Å². The highest BCUT2D eigenvalue weighted by molar-refractivity contribution is 7.19. The molecule has 0 saturated heterocycles. The average molecular weight is 846 g/mol. The molecule has 12 rings (SSSR count). The van der Waals surface area contributed by atoms with Gasteiger partial charge >= 0.3 is 0 Å². The van der Waals surface area contributed by atoms with Gasteiger partial charge in [0.25, 0.3) is 6.71 Å². The van der Waals surface area contributed by atoms with Crippen molar-refractivity contribution in [3.05, 3.63) is 267 Å². The summed E-state index contributed by atoms with van der Waals surface area (Å²) in [4.78, 5) is 7.41. The number of anilines is 9. The first-order chi connectivity index (χ1) is 32.3. The molecule has 0 spiro atoms. The highest BCUT2D eigenvalue weighted by atomic mass is 28.3. The molecular weight excluding hydrogens is 802 g/mol. The molecule has 0 bridgehead atoms. The molecule has 0 aliphatic carbocycles. The van der Waals surface area contributed by atoms with Crippen LogP contribution in [0, 0.1) is 0 Å². The summed E-state index contributed by atoms with van der Waals surface area (Å²) >= 11 is 0. The van der Waals surface area contributed by atoms with Gasteiger partial charge < -0.3 is 14.7 Å². The molecule has 10 aromatic carbocycles. The average Bonchev–Trinajstić information content (AvgIpc) is 3.39. The van der Waals surface area contributed by atoms with Gasteiger partial charge in [-0.15, -0.1) is 0 Å². The minimum absolute atomic E-state index is 0.0397. The minimum atomic E-state index is -2.74. The van der Waals surface area contributed by atoms with Gasteiger partial charge in [-0.25, -0.2) is 0 Å². The summed E-state index contributed by atoms with van der Waals surface area (Å²) < 4.78 is 0. The van der Waals surface area contributed by atoms with Crippen molar-refractivity contribution < 1.29 is 0 Å². The minimum Gasteiger partial charge on any atom is -0.311 e. The van der Waals surface area contributed by atoms with Gasteiger partial charge in [0.1, 0.15) is 0 Å².